The normalized spacial score (nSPS) is 23.9. The smallest absolute Gasteiger partial charge is 0.0637 e. The van der Waals surface area contributed by atoms with Crippen molar-refractivity contribution in [2.24, 2.45) is 0 Å². The molecular weight excluding hydrogens is 226 g/mol. The van der Waals surface area contributed by atoms with Crippen molar-refractivity contribution in [2.45, 2.75) is 6.04 Å². The van der Waals surface area contributed by atoms with Crippen molar-refractivity contribution in [3.63, 3.8) is 0 Å². The number of hydrogen-bond donors (Lipinski definition) is 1. The molecule has 2 aliphatic rings. The minimum absolute atomic E-state index is 0.454. The third-order valence-electron chi connectivity index (χ3n) is 3.78. The van der Waals surface area contributed by atoms with Crippen molar-refractivity contribution in [2.75, 3.05) is 56.2 Å². The van der Waals surface area contributed by atoms with Gasteiger partial charge in [0.1, 0.15) is 0 Å². The van der Waals surface area contributed by atoms with E-state index in [0.717, 1.165) is 39.4 Å². The van der Waals surface area contributed by atoms with Crippen LogP contribution in [0.3, 0.4) is 0 Å². The molecule has 3 rings (SSSR count). The van der Waals surface area contributed by atoms with Crippen LogP contribution in [0, 0.1) is 0 Å². The zero-order valence-electron chi connectivity index (χ0n) is 10.9. The maximum absolute atomic E-state index is 5.53. The number of nitrogens with one attached hydrogen (secondary N) is 1. The molecule has 0 amide bonds. The molecule has 18 heavy (non-hydrogen) atoms. The molecular formula is C14H21N3O. The predicted molar refractivity (Wildman–Crippen MR) is 74.5 cm³/mol. The number of hydrogen-bond acceptors (Lipinski definition) is 4. The number of benzene rings is 1. The minimum atomic E-state index is 0.454. The molecule has 2 aliphatic heterocycles. The van der Waals surface area contributed by atoms with Gasteiger partial charge in [-0.05, 0) is 12.1 Å². The Morgan fingerprint density at radius 1 is 1.28 bits per heavy atom. The summed E-state index contributed by atoms with van der Waals surface area (Å²) in [6.07, 6.45) is 0. The molecule has 4 heteroatoms. The first-order valence-corrected chi connectivity index (χ1v) is 6.71. The summed E-state index contributed by atoms with van der Waals surface area (Å²) < 4.78 is 5.53. The molecule has 2 heterocycles. The van der Waals surface area contributed by atoms with Crippen LogP contribution in [0.15, 0.2) is 24.3 Å². The predicted octanol–water partition coefficient (Wildman–Crippen LogP) is 0.931. The second kappa shape index (κ2) is 5.16. The highest BCUT2D eigenvalue weighted by atomic mass is 16.5. The summed E-state index contributed by atoms with van der Waals surface area (Å²) in [7, 11) is 2.16. The fourth-order valence-electron chi connectivity index (χ4n) is 2.76. The first kappa shape index (κ1) is 11.8. The van der Waals surface area contributed by atoms with E-state index in [1.165, 1.54) is 11.4 Å². The van der Waals surface area contributed by atoms with E-state index in [-0.39, 0.29) is 0 Å². The van der Waals surface area contributed by atoms with Gasteiger partial charge < -0.3 is 19.9 Å². The topological polar surface area (TPSA) is 27.7 Å². The lowest BCUT2D eigenvalue weighted by atomic mass is 10.1. The first-order chi connectivity index (χ1) is 8.84. The number of fused-ring (bicyclic) bond motifs is 1. The van der Waals surface area contributed by atoms with Crippen LogP contribution >= 0.6 is 0 Å². The summed E-state index contributed by atoms with van der Waals surface area (Å²) in [6, 6.07) is 9.10. The van der Waals surface area contributed by atoms with Gasteiger partial charge >= 0.3 is 0 Å². The standard InChI is InChI=1S/C14H21N3O/c1-16-7-8-17(10-12-11-18-9-6-15-12)14-5-3-2-4-13(14)16/h2-5,12,15H,6-11H2,1H3. The molecule has 0 bridgehead atoms. The van der Waals surface area contributed by atoms with E-state index in [9.17, 15) is 0 Å². The quantitative estimate of drug-likeness (QED) is 0.841. The van der Waals surface area contributed by atoms with Gasteiger partial charge in [0.25, 0.3) is 0 Å². The van der Waals surface area contributed by atoms with Crippen LogP contribution in [-0.2, 0) is 4.74 Å². The van der Waals surface area contributed by atoms with Crippen LogP contribution in [0.5, 0.6) is 0 Å². The minimum Gasteiger partial charge on any atom is -0.378 e. The molecule has 1 N–H and O–H groups in total. The van der Waals surface area contributed by atoms with Gasteiger partial charge in [0.05, 0.1) is 24.6 Å². The van der Waals surface area contributed by atoms with Crippen molar-refractivity contribution in [3.8, 4) is 0 Å². The zero-order chi connectivity index (χ0) is 12.4. The van der Waals surface area contributed by atoms with E-state index in [2.05, 4.69) is 46.4 Å². The Morgan fingerprint density at radius 2 is 2.11 bits per heavy atom. The van der Waals surface area contributed by atoms with E-state index < -0.39 is 0 Å². The van der Waals surface area contributed by atoms with Crippen LogP contribution in [0.25, 0.3) is 0 Å². The lowest BCUT2D eigenvalue weighted by Gasteiger charge is -2.39. The number of morpholine rings is 1. The lowest BCUT2D eigenvalue weighted by molar-refractivity contribution is 0.0787. The van der Waals surface area contributed by atoms with Crippen molar-refractivity contribution in [1.29, 1.82) is 0 Å². The molecule has 0 aromatic heterocycles. The summed E-state index contributed by atoms with van der Waals surface area (Å²) >= 11 is 0. The maximum Gasteiger partial charge on any atom is 0.0637 e. The summed E-state index contributed by atoms with van der Waals surface area (Å²) in [5.41, 5.74) is 2.68. The Labute approximate surface area is 109 Å². The van der Waals surface area contributed by atoms with Crippen molar-refractivity contribution in [1.82, 2.24) is 5.32 Å². The second-order valence-corrected chi connectivity index (χ2v) is 5.08. The van der Waals surface area contributed by atoms with Crippen molar-refractivity contribution < 1.29 is 4.74 Å². The van der Waals surface area contributed by atoms with Gasteiger partial charge in [-0.1, -0.05) is 12.1 Å². The molecule has 1 aromatic carbocycles. The average Bonchev–Trinajstić information content (AvgIpc) is 2.44. The molecule has 1 unspecified atom stereocenters. The van der Waals surface area contributed by atoms with Crippen molar-refractivity contribution in [3.05, 3.63) is 24.3 Å². The third-order valence-corrected chi connectivity index (χ3v) is 3.78. The molecule has 1 aromatic rings. The molecule has 1 fully saturated rings. The highest BCUT2D eigenvalue weighted by Crippen LogP contribution is 2.31. The van der Waals surface area contributed by atoms with Crippen LogP contribution in [-0.4, -0.2) is 52.5 Å². The van der Waals surface area contributed by atoms with Crippen LogP contribution in [0.2, 0.25) is 0 Å². The number of anilines is 2. The summed E-state index contributed by atoms with van der Waals surface area (Å²) in [5, 5.41) is 3.53. The summed E-state index contributed by atoms with van der Waals surface area (Å²) in [4.78, 5) is 4.80. The SMILES string of the molecule is CN1CCN(CC2COCCN2)c2ccccc21. The Kier molecular flexibility index (Phi) is 3.39. The van der Waals surface area contributed by atoms with Gasteiger partial charge in [-0.15, -0.1) is 0 Å². The van der Waals surface area contributed by atoms with Gasteiger partial charge in [-0.25, -0.2) is 0 Å². The molecule has 0 radical (unpaired) electrons. The zero-order valence-corrected chi connectivity index (χ0v) is 10.9. The Balaban J connectivity index is 1.75. The molecule has 1 atom stereocenters. The average molecular weight is 247 g/mol. The number of rotatable bonds is 2. The Hall–Kier alpha value is -1.26. The molecule has 0 saturated carbocycles. The number of ether oxygens (including phenoxy) is 1. The molecule has 0 aliphatic carbocycles. The number of nitrogens with zero attached hydrogens (tertiary/aromatic N) is 2. The Bertz CT molecular complexity index is 404. The lowest BCUT2D eigenvalue weighted by Crippen LogP contribution is -2.51. The van der Waals surface area contributed by atoms with E-state index >= 15 is 0 Å². The monoisotopic (exact) mass is 247 g/mol. The van der Waals surface area contributed by atoms with Gasteiger partial charge in [-0.2, -0.15) is 0 Å². The van der Waals surface area contributed by atoms with Gasteiger partial charge in [0, 0.05) is 39.3 Å². The third kappa shape index (κ3) is 2.31. The number of para-hydroxylation sites is 2. The highest BCUT2D eigenvalue weighted by molar-refractivity contribution is 5.73. The van der Waals surface area contributed by atoms with E-state index in [0.29, 0.717) is 6.04 Å². The van der Waals surface area contributed by atoms with Crippen LogP contribution < -0.4 is 15.1 Å². The highest BCUT2D eigenvalue weighted by Gasteiger charge is 2.23. The summed E-state index contributed by atoms with van der Waals surface area (Å²) in [6.45, 7) is 5.85. The molecule has 0 spiro atoms. The van der Waals surface area contributed by atoms with E-state index in [1.807, 2.05) is 0 Å². The fraction of sp³-hybridized carbons (Fsp3) is 0.571. The summed E-state index contributed by atoms with van der Waals surface area (Å²) in [5.74, 6) is 0. The van der Waals surface area contributed by atoms with Gasteiger partial charge in [-0.3, -0.25) is 0 Å². The van der Waals surface area contributed by atoms with E-state index in [1.54, 1.807) is 0 Å². The molecule has 4 nitrogen and oxygen atoms in total. The molecule has 98 valence electrons. The molecule has 1 saturated heterocycles. The second-order valence-electron chi connectivity index (χ2n) is 5.08. The van der Waals surface area contributed by atoms with Crippen molar-refractivity contribution >= 4 is 11.4 Å². The van der Waals surface area contributed by atoms with Gasteiger partial charge in [0.15, 0.2) is 0 Å². The fourth-order valence-corrected chi connectivity index (χ4v) is 2.76. The number of likely N-dealkylation sites (N-methyl/N-ethyl adjacent to an activating group) is 1. The first-order valence-electron chi connectivity index (χ1n) is 6.71. The van der Waals surface area contributed by atoms with Crippen LogP contribution in [0.4, 0.5) is 11.4 Å². The Morgan fingerprint density at radius 3 is 2.89 bits per heavy atom. The van der Waals surface area contributed by atoms with E-state index in [4.69, 9.17) is 4.74 Å². The largest absolute Gasteiger partial charge is 0.378 e. The van der Waals surface area contributed by atoms with Gasteiger partial charge in [0.2, 0.25) is 0 Å². The maximum atomic E-state index is 5.53. The van der Waals surface area contributed by atoms with Crippen LogP contribution in [0.1, 0.15) is 0 Å².